The van der Waals surface area contributed by atoms with Gasteiger partial charge in [0.25, 0.3) is 0 Å². The Bertz CT molecular complexity index is 387. The summed E-state index contributed by atoms with van der Waals surface area (Å²) in [6.45, 7) is 10.2. The van der Waals surface area contributed by atoms with Crippen molar-refractivity contribution < 1.29 is 4.74 Å². The van der Waals surface area contributed by atoms with Crippen LogP contribution in [0.3, 0.4) is 0 Å². The number of hydrogen-bond donors (Lipinski definition) is 2. The summed E-state index contributed by atoms with van der Waals surface area (Å²) in [5.41, 5.74) is 0. The Labute approximate surface area is 157 Å². The number of nitrogens with zero attached hydrogens (tertiary/aromatic N) is 3. The maximum Gasteiger partial charge on any atom is 0.191 e. The monoisotopic (exact) mass is 437 g/mol. The fourth-order valence-corrected chi connectivity index (χ4v) is 3.82. The van der Waals surface area contributed by atoms with Gasteiger partial charge >= 0.3 is 0 Å². The number of piperazine rings is 1. The van der Waals surface area contributed by atoms with E-state index >= 15 is 0 Å². The summed E-state index contributed by atoms with van der Waals surface area (Å²) in [7, 11) is 1.85. The summed E-state index contributed by atoms with van der Waals surface area (Å²) in [6, 6.07) is 0.443. The number of likely N-dealkylation sites (N-methyl/N-ethyl adjacent to an activating group) is 1. The highest BCUT2D eigenvalue weighted by atomic mass is 127. The lowest BCUT2D eigenvalue weighted by molar-refractivity contribution is 0.0992. The smallest absolute Gasteiger partial charge is 0.191 e. The second kappa shape index (κ2) is 9.39. The van der Waals surface area contributed by atoms with E-state index in [1.165, 1.54) is 45.6 Å². The minimum atomic E-state index is 0. The zero-order valence-corrected chi connectivity index (χ0v) is 16.8. The quantitative estimate of drug-likeness (QED) is 0.378. The van der Waals surface area contributed by atoms with Crippen LogP contribution in [0.1, 0.15) is 26.2 Å². The molecule has 3 rings (SSSR count). The third-order valence-corrected chi connectivity index (χ3v) is 5.28. The minimum absolute atomic E-state index is 0. The molecule has 3 atom stereocenters. The molecule has 2 bridgehead atoms. The third kappa shape index (κ3) is 5.17. The predicted molar refractivity (Wildman–Crippen MR) is 105 cm³/mol. The summed E-state index contributed by atoms with van der Waals surface area (Å²) in [5.74, 6) is 0.924. The molecule has 0 amide bonds. The first-order valence-electron chi connectivity index (χ1n) is 8.86. The number of fused-ring (bicyclic) bond motifs is 2. The number of hydrogen-bond acceptors (Lipinski definition) is 4. The highest BCUT2D eigenvalue weighted by Crippen LogP contribution is 2.34. The van der Waals surface area contributed by atoms with Crippen molar-refractivity contribution in [2.75, 3.05) is 52.9 Å². The Kier molecular flexibility index (Phi) is 7.84. The van der Waals surface area contributed by atoms with Gasteiger partial charge in [-0.15, -0.1) is 24.0 Å². The lowest BCUT2D eigenvalue weighted by Gasteiger charge is -2.34. The van der Waals surface area contributed by atoms with Gasteiger partial charge in [0.05, 0.1) is 18.2 Å². The predicted octanol–water partition coefficient (Wildman–Crippen LogP) is 0.727. The number of ether oxygens (including phenoxy) is 1. The molecule has 7 heteroatoms. The molecule has 3 fully saturated rings. The van der Waals surface area contributed by atoms with E-state index in [-0.39, 0.29) is 24.0 Å². The number of guanidine groups is 1. The van der Waals surface area contributed by atoms with Crippen molar-refractivity contribution in [3.63, 3.8) is 0 Å². The highest BCUT2D eigenvalue weighted by Gasteiger charge is 2.41. The van der Waals surface area contributed by atoms with Crippen LogP contribution in [0.25, 0.3) is 0 Å². The van der Waals surface area contributed by atoms with Crippen molar-refractivity contribution in [2.45, 2.75) is 44.4 Å². The number of aliphatic imine (C=N–C) groups is 1. The molecule has 0 saturated carbocycles. The summed E-state index contributed by atoms with van der Waals surface area (Å²) in [4.78, 5) is 9.40. The second-order valence-corrected chi connectivity index (χ2v) is 6.64. The molecule has 3 aliphatic heterocycles. The average Bonchev–Trinajstić information content (AvgIpc) is 3.17. The van der Waals surface area contributed by atoms with Gasteiger partial charge in [0.1, 0.15) is 0 Å². The SMILES string of the molecule is CCN1CCN(CCNC(=NC)NC2CC3CCC2O3)CC1.I. The molecule has 6 nitrogen and oxygen atoms in total. The molecule has 134 valence electrons. The van der Waals surface area contributed by atoms with Crippen LogP contribution in [0.4, 0.5) is 0 Å². The molecule has 0 spiro atoms. The molecule has 3 unspecified atom stereocenters. The Morgan fingerprint density at radius 2 is 1.91 bits per heavy atom. The zero-order chi connectivity index (χ0) is 15.4. The summed E-state index contributed by atoms with van der Waals surface area (Å²) in [5, 5.41) is 6.99. The van der Waals surface area contributed by atoms with E-state index in [1.807, 2.05) is 7.05 Å². The van der Waals surface area contributed by atoms with Crippen LogP contribution in [0, 0.1) is 0 Å². The zero-order valence-electron chi connectivity index (χ0n) is 14.5. The van der Waals surface area contributed by atoms with Crippen molar-refractivity contribution in [2.24, 2.45) is 4.99 Å². The van der Waals surface area contributed by atoms with Crippen LogP contribution >= 0.6 is 24.0 Å². The van der Waals surface area contributed by atoms with E-state index < -0.39 is 0 Å². The molecule has 0 radical (unpaired) electrons. The van der Waals surface area contributed by atoms with Crippen molar-refractivity contribution in [3.05, 3.63) is 0 Å². The summed E-state index contributed by atoms with van der Waals surface area (Å²) in [6.07, 6.45) is 4.44. The average molecular weight is 437 g/mol. The summed E-state index contributed by atoms with van der Waals surface area (Å²) < 4.78 is 5.89. The Balaban J connectivity index is 0.00000192. The molecule has 2 N–H and O–H groups in total. The van der Waals surface area contributed by atoms with Crippen molar-refractivity contribution in [3.8, 4) is 0 Å². The van der Waals surface area contributed by atoms with Gasteiger partial charge in [-0.25, -0.2) is 0 Å². The first-order valence-corrected chi connectivity index (χ1v) is 8.86. The highest BCUT2D eigenvalue weighted by molar-refractivity contribution is 14.0. The first kappa shape index (κ1) is 19.2. The van der Waals surface area contributed by atoms with Gasteiger partial charge in [0.15, 0.2) is 5.96 Å². The van der Waals surface area contributed by atoms with Gasteiger partial charge in [-0.05, 0) is 25.8 Å². The van der Waals surface area contributed by atoms with E-state index in [2.05, 4.69) is 32.3 Å². The normalized spacial score (nSPS) is 31.9. The number of nitrogens with one attached hydrogen (secondary N) is 2. The van der Waals surface area contributed by atoms with Gasteiger partial charge in [-0.3, -0.25) is 9.89 Å². The van der Waals surface area contributed by atoms with E-state index in [0.717, 1.165) is 25.5 Å². The van der Waals surface area contributed by atoms with E-state index in [4.69, 9.17) is 4.74 Å². The molecular formula is C16H32IN5O. The fraction of sp³-hybridized carbons (Fsp3) is 0.938. The van der Waals surface area contributed by atoms with Gasteiger partial charge < -0.3 is 20.3 Å². The van der Waals surface area contributed by atoms with Crippen LogP contribution in [0.5, 0.6) is 0 Å². The first-order chi connectivity index (χ1) is 10.8. The molecule has 3 aliphatic rings. The van der Waals surface area contributed by atoms with Crippen molar-refractivity contribution >= 4 is 29.9 Å². The van der Waals surface area contributed by atoms with Gasteiger partial charge in [-0.2, -0.15) is 0 Å². The van der Waals surface area contributed by atoms with Crippen LogP contribution in [-0.4, -0.2) is 86.9 Å². The second-order valence-electron chi connectivity index (χ2n) is 6.64. The van der Waals surface area contributed by atoms with E-state index in [0.29, 0.717) is 18.2 Å². The molecular weight excluding hydrogens is 405 g/mol. The van der Waals surface area contributed by atoms with Crippen LogP contribution in [-0.2, 0) is 4.74 Å². The Morgan fingerprint density at radius 1 is 1.17 bits per heavy atom. The van der Waals surface area contributed by atoms with E-state index in [1.54, 1.807) is 0 Å². The van der Waals surface area contributed by atoms with Gasteiger partial charge in [0, 0.05) is 46.3 Å². The molecule has 0 aromatic rings. The van der Waals surface area contributed by atoms with Gasteiger partial charge in [0.2, 0.25) is 0 Å². The van der Waals surface area contributed by atoms with Crippen molar-refractivity contribution in [1.29, 1.82) is 0 Å². The lowest BCUT2D eigenvalue weighted by Crippen LogP contribution is -2.51. The Morgan fingerprint density at radius 3 is 2.48 bits per heavy atom. The fourth-order valence-electron chi connectivity index (χ4n) is 3.82. The lowest BCUT2D eigenvalue weighted by atomic mass is 9.96. The maximum absolute atomic E-state index is 5.89. The minimum Gasteiger partial charge on any atom is -0.373 e. The standard InChI is InChI=1S/C16H31N5O.HI/c1-3-20-8-10-21(11-9-20)7-6-18-16(17-2)19-14-12-13-4-5-15(14)22-13;/h13-15H,3-12H2,1-2H3,(H2,17,18,19);1H. The molecule has 0 aromatic heterocycles. The molecule has 23 heavy (non-hydrogen) atoms. The van der Waals surface area contributed by atoms with Crippen LogP contribution in [0.2, 0.25) is 0 Å². The van der Waals surface area contributed by atoms with E-state index in [9.17, 15) is 0 Å². The molecule has 3 saturated heterocycles. The van der Waals surface area contributed by atoms with Gasteiger partial charge in [-0.1, -0.05) is 6.92 Å². The third-order valence-electron chi connectivity index (χ3n) is 5.28. The molecule has 0 aliphatic carbocycles. The Hall–Kier alpha value is -0.120. The van der Waals surface area contributed by atoms with Crippen molar-refractivity contribution in [1.82, 2.24) is 20.4 Å². The maximum atomic E-state index is 5.89. The molecule has 3 heterocycles. The molecule has 0 aromatic carbocycles. The largest absolute Gasteiger partial charge is 0.373 e. The topological polar surface area (TPSA) is 52.1 Å². The van der Waals surface area contributed by atoms with Crippen LogP contribution in [0.15, 0.2) is 4.99 Å². The van der Waals surface area contributed by atoms with Crippen LogP contribution < -0.4 is 10.6 Å². The summed E-state index contributed by atoms with van der Waals surface area (Å²) >= 11 is 0. The number of halogens is 1. The number of rotatable bonds is 5.